The van der Waals surface area contributed by atoms with Crippen molar-refractivity contribution in [2.24, 2.45) is 5.92 Å². The van der Waals surface area contributed by atoms with Crippen LogP contribution in [0.5, 0.6) is 0 Å². The van der Waals surface area contributed by atoms with E-state index in [1.54, 1.807) is 11.3 Å². The molecule has 1 unspecified atom stereocenters. The number of hydrogen-bond acceptors (Lipinski definition) is 4. The third-order valence-corrected chi connectivity index (χ3v) is 3.42. The van der Waals surface area contributed by atoms with E-state index in [9.17, 15) is 4.79 Å². The van der Waals surface area contributed by atoms with Crippen LogP contribution in [-0.2, 0) is 22.4 Å². The van der Waals surface area contributed by atoms with Gasteiger partial charge in [0.05, 0.1) is 5.01 Å². The van der Waals surface area contributed by atoms with Crippen molar-refractivity contribution in [1.29, 1.82) is 0 Å². The van der Waals surface area contributed by atoms with Gasteiger partial charge in [0.15, 0.2) is 0 Å². The molecule has 0 aromatic carbocycles. The predicted molar refractivity (Wildman–Crippen MR) is 54.5 cm³/mol. The highest BCUT2D eigenvalue weighted by Gasteiger charge is 2.17. The van der Waals surface area contributed by atoms with Crippen molar-refractivity contribution in [3.63, 3.8) is 0 Å². The Bertz CT molecular complexity index is 305. The summed E-state index contributed by atoms with van der Waals surface area (Å²) in [5.41, 5.74) is 0. The second-order valence-corrected chi connectivity index (χ2v) is 4.72. The van der Waals surface area contributed by atoms with Crippen LogP contribution in [0.2, 0.25) is 0 Å². The second-order valence-electron chi connectivity index (χ2n) is 3.52. The highest BCUT2D eigenvalue weighted by molar-refractivity contribution is 7.11. The van der Waals surface area contributed by atoms with Gasteiger partial charge in [0, 0.05) is 37.1 Å². The number of ether oxygens (including phenoxy) is 1. The van der Waals surface area contributed by atoms with Crippen LogP contribution in [-0.4, -0.2) is 24.5 Å². The number of rotatable bonds is 4. The molecule has 1 fully saturated rings. The first-order chi connectivity index (χ1) is 6.88. The molecule has 2 rings (SSSR count). The van der Waals surface area contributed by atoms with Crippen molar-refractivity contribution in [1.82, 2.24) is 4.98 Å². The predicted octanol–water partition coefficient (Wildman–Crippen LogP) is 1.46. The molecule has 76 valence electrons. The maximum atomic E-state index is 10.3. The van der Waals surface area contributed by atoms with E-state index in [2.05, 4.69) is 4.98 Å². The number of carbonyl (C=O) groups excluding carboxylic acids is 1. The minimum Gasteiger partial charge on any atom is -0.381 e. The lowest BCUT2D eigenvalue weighted by molar-refractivity contribution is -0.107. The molecule has 4 heteroatoms. The molecule has 1 atom stereocenters. The van der Waals surface area contributed by atoms with Gasteiger partial charge >= 0.3 is 0 Å². The number of aromatic nitrogens is 1. The van der Waals surface area contributed by atoms with E-state index in [0.29, 0.717) is 12.3 Å². The van der Waals surface area contributed by atoms with Crippen molar-refractivity contribution in [3.05, 3.63) is 16.1 Å². The minimum atomic E-state index is 0.499. The van der Waals surface area contributed by atoms with Gasteiger partial charge < -0.3 is 9.53 Å². The monoisotopic (exact) mass is 211 g/mol. The van der Waals surface area contributed by atoms with Crippen LogP contribution in [0.3, 0.4) is 0 Å². The molecular formula is C10H13NO2S. The molecule has 2 heterocycles. The number of hydrogen-bond donors (Lipinski definition) is 0. The first-order valence-electron chi connectivity index (χ1n) is 4.83. The summed E-state index contributed by atoms with van der Waals surface area (Å²) in [6, 6.07) is 0. The normalized spacial score (nSPS) is 21.3. The van der Waals surface area contributed by atoms with Crippen LogP contribution in [0.1, 0.15) is 16.3 Å². The summed E-state index contributed by atoms with van der Waals surface area (Å²) >= 11 is 1.65. The zero-order valence-electron chi connectivity index (χ0n) is 7.94. The molecule has 1 saturated heterocycles. The van der Waals surface area contributed by atoms with E-state index in [0.717, 1.165) is 42.2 Å². The van der Waals surface area contributed by atoms with Gasteiger partial charge in [0.2, 0.25) is 0 Å². The van der Waals surface area contributed by atoms with Gasteiger partial charge in [-0.05, 0) is 12.3 Å². The molecule has 1 aliphatic rings. The fourth-order valence-corrected chi connectivity index (χ4v) is 2.59. The highest BCUT2D eigenvalue weighted by atomic mass is 32.1. The zero-order valence-corrected chi connectivity index (χ0v) is 8.76. The van der Waals surface area contributed by atoms with Gasteiger partial charge in [-0.3, -0.25) is 0 Å². The SMILES string of the molecule is O=CCc1cnc(CC2CCOC2)s1. The first-order valence-corrected chi connectivity index (χ1v) is 5.65. The standard InChI is InChI=1S/C10H13NO2S/c12-3-1-9-6-11-10(14-9)5-8-2-4-13-7-8/h3,6,8H,1-2,4-5,7H2. The van der Waals surface area contributed by atoms with Crippen LogP contribution < -0.4 is 0 Å². The molecule has 0 radical (unpaired) electrons. The second kappa shape index (κ2) is 4.66. The average molecular weight is 211 g/mol. The van der Waals surface area contributed by atoms with E-state index in [1.165, 1.54) is 0 Å². The Kier molecular flexibility index (Phi) is 3.26. The minimum absolute atomic E-state index is 0.499. The highest BCUT2D eigenvalue weighted by Crippen LogP contribution is 2.21. The Hall–Kier alpha value is -0.740. The van der Waals surface area contributed by atoms with Crippen molar-refractivity contribution in [2.75, 3.05) is 13.2 Å². The fraction of sp³-hybridized carbons (Fsp3) is 0.600. The van der Waals surface area contributed by atoms with Gasteiger partial charge in [-0.1, -0.05) is 0 Å². The Morgan fingerprint density at radius 2 is 2.64 bits per heavy atom. The van der Waals surface area contributed by atoms with Crippen molar-refractivity contribution < 1.29 is 9.53 Å². The third-order valence-electron chi connectivity index (χ3n) is 2.37. The van der Waals surface area contributed by atoms with Gasteiger partial charge in [0.1, 0.15) is 6.29 Å². The maximum Gasteiger partial charge on any atom is 0.125 e. The molecular weight excluding hydrogens is 198 g/mol. The van der Waals surface area contributed by atoms with Crippen LogP contribution >= 0.6 is 11.3 Å². The molecule has 3 nitrogen and oxygen atoms in total. The summed E-state index contributed by atoms with van der Waals surface area (Å²) in [5.74, 6) is 0.630. The van der Waals surface area contributed by atoms with Crippen molar-refractivity contribution in [3.8, 4) is 0 Å². The Labute approximate surface area is 87.1 Å². The van der Waals surface area contributed by atoms with Crippen molar-refractivity contribution >= 4 is 17.6 Å². The topological polar surface area (TPSA) is 39.2 Å². The molecule has 1 aromatic heterocycles. The first kappa shape index (κ1) is 9.80. The van der Waals surface area contributed by atoms with E-state index in [1.807, 2.05) is 6.20 Å². The van der Waals surface area contributed by atoms with E-state index < -0.39 is 0 Å². The van der Waals surface area contributed by atoms with E-state index in [4.69, 9.17) is 4.74 Å². The molecule has 1 aromatic rings. The van der Waals surface area contributed by atoms with E-state index >= 15 is 0 Å². The smallest absolute Gasteiger partial charge is 0.125 e. The molecule has 0 spiro atoms. The molecule has 0 bridgehead atoms. The molecule has 0 amide bonds. The Morgan fingerprint density at radius 1 is 1.71 bits per heavy atom. The summed E-state index contributed by atoms with van der Waals surface area (Å²) in [4.78, 5) is 15.7. The molecule has 14 heavy (non-hydrogen) atoms. The average Bonchev–Trinajstić information content (AvgIpc) is 2.79. The lowest BCUT2D eigenvalue weighted by Gasteiger charge is -2.02. The van der Waals surface area contributed by atoms with Gasteiger partial charge in [0.25, 0.3) is 0 Å². The van der Waals surface area contributed by atoms with Crippen molar-refractivity contribution in [2.45, 2.75) is 19.3 Å². The Morgan fingerprint density at radius 3 is 3.36 bits per heavy atom. The van der Waals surface area contributed by atoms with Gasteiger partial charge in [-0.2, -0.15) is 0 Å². The number of carbonyl (C=O) groups is 1. The summed E-state index contributed by atoms with van der Waals surface area (Å²) in [5, 5.41) is 1.14. The van der Waals surface area contributed by atoms with Crippen LogP contribution in [0.25, 0.3) is 0 Å². The van der Waals surface area contributed by atoms with Crippen LogP contribution in [0.4, 0.5) is 0 Å². The maximum absolute atomic E-state index is 10.3. The third kappa shape index (κ3) is 2.39. The van der Waals surface area contributed by atoms with Gasteiger partial charge in [-0.25, -0.2) is 4.98 Å². The fourth-order valence-electron chi connectivity index (χ4n) is 1.61. The van der Waals surface area contributed by atoms with Crippen LogP contribution in [0.15, 0.2) is 6.20 Å². The summed E-state index contributed by atoms with van der Waals surface area (Å²) < 4.78 is 5.30. The molecule has 0 saturated carbocycles. The number of aldehydes is 1. The van der Waals surface area contributed by atoms with Crippen LogP contribution in [0, 0.1) is 5.92 Å². The summed E-state index contributed by atoms with van der Waals surface area (Å²) in [7, 11) is 0. The Balaban J connectivity index is 1.91. The van der Waals surface area contributed by atoms with Gasteiger partial charge in [-0.15, -0.1) is 11.3 Å². The summed E-state index contributed by atoms with van der Waals surface area (Å²) in [6.07, 6.45) is 5.38. The molecule has 0 N–H and O–H groups in total. The number of nitrogens with zero attached hydrogens (tertiary/aromatic N) is 1. The van der Waals surface area contributed by atoms with E-state index in [-0.39, 0.29) is 0 Å². The lowest BCUT2D eigenvalue weighted by Crippen LogP contribution is -2.02. The quantitative estimate of drug-likeness (QED) is 0.708. The summed E-state index contributed by atoms with van der Waals surface area (Å²) in [6.45, 7) is 1.75. The lowest BCUT2D eigenvalue weighted by atomic mass is 10.1. The largest absolute Gasteiger partial charge is 0.381 e. The number of thiazole rings is 1. The zero-order chi connectivity index (χ0) is 9.80. The molecule has 1 aliphatic heterocycles. The molecule has 0 aliphatic carbocycles.